The first kappa shape index (κ1) is 22.3. The topological polar surface area (TPSA) is 53.0 Å². The number of nitrogens with zero attached hydrogens (tertiary/aromatic N) is 2. The molecule has 2 atom stereocenters. The third-order valence-electron chi connectivity index (χ3n) is 6.59. The van der Waals surface area contributed by atoms with Gasteiger partial charge in [0.25, 0.3) is 5.91 Å². The van der Waals surface area contributed by atoms with Crippen molar-refractivity contribution < 1.29 is 14.6 Å². The van der Waals surface area contributed by atoms with E-state index >= 15 is 0 Å². The van der Waals surface area contributed by atoms with Crippen LogP contribution in [0.25, 0.3) is 0 Å². The maximum absolute atomic E-state index is 12.8. The SMILES string of the molecule is CCCC1(C(O)c2cccc(N3C(=O)C(Cl)CN3COCc3ccccc3)c2)CCC1. The van der Waals surface area contributed by atoms with Crippen molar-refractivity contribution in [2.45, 2.75) is 57.1 Å². The summed E-state index contributed by atoms with van der Waals surface area (Å²) in [5, 5.41) is 14.0. The van der Waals surface area contributed by atoms with Gasteiger partial charge < -0.3 is 9.84 Å². The largest absolute Gasteiger partial charge is 0.388 e. The molecule has 2 aromatic carbocycles. The maximum atomic E-state index is 12.8. The maximum Gasteiger partial charge on any atom is 0.261 e. The molecule has 1 amide bonds. The molecule has 2 unspecified atom stereocenters. The minimum atomic E-state index is -0.619. The van der Waals surface area contributed by atoms with Crippen LogP contribution < -0.4 is 5.01 Å². The number of amides is 1. The van der Waals surface area contributed by atoms with Gasteiger partial charge in [-0.1, -0.05) is 62.2 Å². The van der Waals surface area contributed by atoms with Gasteiger partial charge in [-0.15, -0.1) is 11.6 Å². The van der Waals surface area contributed by atoms with Gasteiger partial charge in [-0.25, -0.2) is 5.01 Å². The highest BCUT2D eigenvalue weighted by molar-refractivity contribution is 6.33. The molecule has 0 aromatic heterocycles. The molecule has 1 saturated carbocycles. The summed E-state index contributed by atoms with van der Waals surface area (Å²) in [4.78, 5) is 12.8. The highest BCUT2D eigenvalue weighted by Crippen LogP contribution is 2.53. The zero-order valence-corrected chi connectivity index (χ0v) is 18.8. The first-order chi connectivity index (χ1) is 15.0. The standard InChI is InChI=1S/C25H31ClN2O3/c1-2-12-25(13-7-14-25)23(29)20-10-6-11-21(15-20)28-24(30)22(26)16-27(28)18-31-17-19-8-4-3-5-9-19/h3-6,8-11,15,22-23,29H,2,7,12-14,16-18H2,1H3. The second-order valence-corrected chi connectivity index (χ2v) is 9.26. The second kappa shape index (κ2) is 9.70. The summed E-state index contributed by atoms with van der Waals surface area (Å²) in [6.45, 7) is 3.28. The zero-order valence-electron chi connectivity index (χ0n) is 18.0. The molecule has 0 radical (unpaired) electrons. The predicted octanol–water partition coefficient (Wildman–Crippen LogP) is 5.04. The molecule has 5 nitrogen and oxygen atoms in total. The number of alkyl halides is 1. The fraction of sp³-hybridized carbons (Fsp3) is 0.480. The summed E-state index contributed by atoms with van der Waals surface area (Å²) in [5.41, 5.74) is 2.63. The minimum absolute atomic E-state index is 0.0319. The van der Waals surface area contributed by atoms with Crippen LogP contribution >= 0.6 is 11.6 Å². The molecule has 4 rings (SSSR count). The Labute approximate surface area is 189 Å². The number of benzene rings is 2. The van der Waals surface area contributed by atoms with Crippen LogP contribution in [-0.2, 0) is 16.1 Å². The quantitative estimate of drug-likeness (QED) is 0.553. The molecule has 2 aliphatic rings. The van der Waals surface area contributed by atoms with E-state index in [0.29, 0.717) is 13.2 Å². The Kier molecular flexibility index (Phi) is 6.97. The number of hydrogen-bond donors (Lipinski definition) is 1. The summed E-state index contributed by atoms with van der Waals surface area (Å²) in [7, 11) is 0. The normalized spacial score (nSPS) is 21.8. The predicted molar refractivity (Wildman–Crippen MR) is 123 cm³/mol. The minimum Gasteiger partial charge on any atom is -0.388 e. The van der Waals surface area contributed by atoms with Crippen molar-refractivity contribution in [2.75, 3.05) is 18.3 Å². The molecule has 166 valence electrons. The highest BCUT2D eigenvalue weighted by Gasteiger charge is 2.44. The van der Waals surface area contributed by atoms with Crippen molar-refractivity contribution in [3.05, 3.63) is 65.7 Å². The van der Waals surface area contributed by atoms with Gasteiger partial charge >= 0.3 is 0 Å². The van der Waals surface area contributed by atoms with E-state index in [9.17, 15) is 9.90 Å². The van der Waals surface area contributed by atoms with Gasteiger partial charge in [-0.2, -0.15) is 5.01 Å². The fourth-order valence-corrected chi connectivity index (χ4v) is 5.08. The first-order valence-electron chi connectivity index (χ1n) is 11.2. The number of hydrazine groups is 1. The number of rotatable bonds is 9. The molecule has 0 spiro atoms. The van der Waals surface area contributed by atoms with Crippen molar-refractivity contribution in [2.24, 2.45) is 5.41 Å². The van der Waals surface area contributed by atoms with Crippen LogP contribution in [0, 0.1) is 5.41 Å². The molecule has 6 heteroatoms. The van der Waals surface area contributed by atoms with Crippen LogP contribution in [0.4, 0.5) is 5.69 Å². The smallest absolute Gasteiger partial charge is 0.261 e. The van der Waals surface area contributed by atoms with Crippen LogP contribution in [0.5, 0.6) is 0 Å². The van der Waals surface area contributed by atoms with Crippen LogP contribution in [0.1, 0.15) is 56.3 Å². The Balaban J connectivity index is 1.49. The fourth-order valence-electron chi connectivity index (χ4n) is 4.83. The van der Waals surface area contributed by atoms with Gasteiger partial charge in [0, 0.05) is 12.0 Å². The van der Waals surface area contributed by atoms with Gasteiger partial charge in [0.1, 0.15) is 12.1 Å². The average molecular weight is 443 g/mol. The third-order valence-corrected chi connectivity index (χ3v) is 6.91. The van der Waals surface area contributed by atoms with Crippen LogP contribution in [0.2, 0.25) is 0 Å². The number of carbonyl (C=O) groups excluding carboxylic acids is 1. The monoisotopic (exact) mass is 442 g/mol. The lowest BCUT2D eigenvalue weighted by molar-refractivity contribution is -0.118. The van der Waals surface area contributed by atoms with Crippen molar-refractivity contribution in [3.63, 3.8) is 0 Å². The Morgan fingerprint density at radius 1 is 1.19 bits per heavy atom. The van der Waals surface area contributed by atoms with Gasteiger partial charge in [-0.3, -0.25) is 4.79 Å². The Morgan fingerprint density at radius 3 is 2.65 bits per heavy atom. The summed E-state index contributed by atoms with van der Waals surface area (Å²) >= 11 is 6.31. The van der Waals surface area contributed by atoms with Gasteiger partial charge in [0.2, 0.25) is 0 Å². The van der Waals surface area contributed by atoms with E-state index in [4.69, 9.17) is 16.3 Å². The number of aliphatic hydroxyl groups excluding tert-OH is 1. The third kappa shape index (κ3) is 4.65. The van der Waals surface area contributed by atoms with Gasteiger partial charge in [0.05, 0.1) is 18.4 Å². The molecule has 1 saturated heterocycles. The van der Waals surface area contributed by atoms with Crippen molar-refractivity contribution in [3.8, 4) is 0 Å². The van der Waals surface area contributed by atoms with E-state index in [2.05, 4.69) is 6.92 Å². The van der Waals surface area contributed by atoms with Gasteiger partial charge in [0.15, 0.2) is 0 Å². The molecule has 0 bridgehead atoms. The van der Waals surface area contributed by atoms with Crippen LogP contribution in [0.15, 0.2) is 54.6 Å². The summed E-state index contributed by atoms with van der Waals surface area (Å²) in [5.74, 6) is -0.163. The molecule has 1 N–H and O–H groups in total. The lowest BCUT2D eigenvalue weighted by atomic mass is 9.61. The highest BCUT2D eigenvalue weighted by atomic mass is 35.5. The molecule has 31 heavy (non-hydrogen) atoms. The van der Waals surface area contributed by atoms with E-state index in [1.54, 1.807) is 5.01 Å². The van der Waals surface area contributed by atoms with Crippen LogP contribution in [-0.4, -0.2) is 34.7 Å². The number of hydrogen-bond acceptors (Lipinski definition) is 4. The van der Waals surface area contributed by atoms with Crippen molar-refractivity contribution >= 4 is 23.2 Å². The van der Waals surface area contributed by atoms with E-state index in [-0.39, 0.29) is 18.1 Å². The summed E-state index contributed by atoms with van der Waals surface area (Å²) in [6, 6.07) is 17.6. The molecular formula is C25H31ClN2O3. The number of carbonyl (C=O) groups is 1. The van der Waals surface area contributed by atoms with E-state index in [1.807, 2.05) is 59.6 Å². The zero-order chi connectivity index (χ0) is 21.8. The number of ether oxygens (including phenoxy) is 1. The first-order valence-corrected chi connectivity index (χ1v) is 11.6. The molecule has 1 heterocycles. The Hall–Kier alpha value is -1.92. The summed E-state index contributed by atoms with van der Waals surface area (Å²) < 4.78 is 5.87. The van der Waals surface area contributed by atoms with E-state index < -0.39 is 11.5 Å². The Bertz CT molecular complexity index is 887. The van der Waals surface area contributed by atoms with E-state index in [1.165, 1.54) is 6.42 Å². The number of halogens is 1. The Morgan fingerprint density at radius 2 is 1.97 bits per heavy atom. The van der Waals surface area contributed by atoms with E-state index in [0.717, 1.165) is 42.5 Å². The second-order valence-electron chi connectivity index (χ2n) is 8.73. The molecule has 2 fully saturated rings. The average Bonchev–Trinajstić information content (AvgIpc) is 3.04. The number of anilines is 1. The van der Waals surface area contributed by atoms with Crippen LogP contribution in [0.3, 0.4) is 0 Å². The van der Waals surface area contributed by atoms with Crippen molar-refractivity contribution in [1.82, 2.24) is 5.01 Å². The molecule has 1 aliphatic heterocycles. The lowest BCUT2D eigenvalue weighted by Crippen LogP contribution is -2.41. The summed E-state index contributed by atoms with van der Waals surface area (Å²) in [6.07, 6.45) is 4.83. The van der Waals surface area contributed by atoms with Gasteiger partial charge in [-0.05, 0) is 42.5 Å². The molecule has 1 aliphatic carbocycles. The molecule has 2 aromatic rings. The lowest BCUT2D eigenvalue weighted by Gasteiger charge is -2.46. The number of aliphatic hydroxyl groups is 1. The van der Waals surface area contributed by atoms with Crippen molar-refractivity contribution in [1.29, 1.82) is 0 Å². The molecular weight excluding hydrogens is 412 g/mol.